The van der Waals surface area contributed by atoms with Gasteiger partial charge in [0.05, 0.1) is 11.4 Å². The van der Waals surface area contributed by atoms with Gasteiger partial charge in [-0.25, -0.2) is 0 Å². The summed E-state index contributed by atoms with van der Waals surface area (Å²) >= 11 is 8.21. The van der Waals surface area contributed by atoms with Crippen molar-refractivity contribution in [2.24, 2.45) is 5.92 Å². The molecule has 118 valence electrons. The van der Waals surface area contributed by atoms with Crippen molar-refractivity contribution < 1.29 is 0 Å². The normalized spacial score (nSPS) is 28.4. The molecule has 2 bridgehead atoms. The summed E-state index contributed by atoms with van der Waals surface area (Å²) in [6, 6.07) is 15.7. The summed E-state index contributed by atoms with van der Waals surface area (Å²) in [6.45, 7) is 3.72. The predicted octanol–water partition coefficient (Wildman–Crippen LogP) is 5.04. The zero-order valence-electron chi connectivity index (χ0n) is 12.9. The third kappa shape index (κ3) is 2.29. The van der Waals surface area contributed by atoms with Crippen molar-refractivity contribution in [1.82, 2.24) is 4.90 Å². The van der Waals surface area contributed by atoms with Gasteiger partial charge in [-0.15, -0.1) is 0 Å². The molecule has 0 spiro atoms. The second-order valence-corrected chi connectivity index (χ2v) is 8.28. The number of nitrogens with zero attached hydrogens (tertiary/aromatic N) is 2. The first kappa shape index (κ1) is 14.2. The molecule has 23 heavy (non-hydrogen) atoms. The number of hydrogen-bond donors (Lipinski definition) is 0. The number of hydrogen-bond acceptors (Lipinski definition) is 3. The minimum atomic E-state index is 0.566. The van der Waals surface area contributed by atoms with E-state index in [1.165, 1.54) is 53.6 Å². The van der Waals surface area contributed by atoms with Crippen LogP contribution in [0.2, 0.25) is 5.02 Å². The topological polar surface area (TPSA) is 6.48 Å². The largest absolute Gasteiger partial charge is 0.335 e. The van der Waals surface area contributed by atoms with Gasteiger partial charge in [-0.05, 0) is 62.2 Å². The van der Waals surface area contributed by atoms with Gasteiger partial charge in [0.1, 0.15) is 0 Å². The van der Waals surface area contributed by atoms with E-state index in [9.17, 15) is 0 Å². The lowest BCUT2D eigenvalue weighted by Crippen LogP contribution is -2.56. The van der Waals surface area contributed by atoms with Crippen molar-refractivity contribution in [3.63, 3.8) is 0 Å². The first-order chi connectivity index (χ1) is 11.3. The fraction of sp³-hybridized carbons (Fsp3) is 0.368. The number of piperidine rings is 3. The molecule has 0 N–H and O–H groups in total. The van der Waals surface area contributed by atoms with Gasteiger partial charge in [0.2, 0.25) is 0 Å². The molecular weight excluding hydrogens is 324 g/mol. The summed E-state index contributed by atoms with van der Waals surface area (Å²) in [5.74, 6) is 0.794. The third-order valence-corrected chi connectivity index (χ3v) is 6.84. The molecule has 4 aliphatic rings. The highest BCUT2D eigenvalue weighted by Crippen LogP contribution is 2.51. The number of halogens is 1. The second kappa shape index (κ2) is 5.44. The minimum absolute atomic E-state index is 0.566. The van der Waals surface area contributed by atoms with Gasteiger partial charge in [0.15, 0.2) is 0 Å². The van der Waals surface area contributed by atoms with Crippen LogP contribution in [-0.2, 0) is 0 Å². The minimum Gasteiger partial charge on any atom is -0.335 e. The quantitative estimate of drug-likeness (QED) is 0.717. The molecule has 0 saturated carbocycles. The average Bonchev–Trinajstić information content (AvgIpc) is 2.61. The summed E-state index contributed by atoms with van der Waals surface area (Å²) in [7, 11) is 0. The summed E-state index contributed by atoms with van der Waals surface area (Å²) < 4.78 is 0. The van der Waals surface area contributed by atoms with Crippen LogP contribution in [-0.4, -0.2) is 30.6 Å². The van der Waals surface area contributed by atoms with Crippen molar-refractivity contribution in [3.05, 3.63) is 47.5 Å². The molecule has 6 rings (SSSR count). The summed E-state index contributed by atoms with van der Waals surface area (Å²) in [5.41, 5.74) is 2.64. The highest BCUT2D eigenvalue weighted by atomic mass is 35.5. The van der Waals surface area contributed by atoms with Crippen molar-refractivity contribution in [2.45, 2.75) is 28.7 Å². The Morgan fingerprint density at radius 1 is 0.957 bits per heavy atom. The first-order valence-electron chi connectivity index (χ1n) is 8.37. The van der Waals surface area contributed by atoms with Gasteiger partial charge < -0.3 is 9.80 Å². The molecular formula is C19H19ClN2S. The second-order valence-electron chi connectivity index (χ2n) is 6.76. The number of benzene rings is 2. The molecule has 0 aromatic heterocycles. The van der Waals surface area contributed by atoms with Crippen LogP contribution < -0.4 is 4.90 Å². The predicted molar refractivity (Wildman–Crippen MR) is 97.1 cm³/mol. The number of para-hydroxylation sites is 1. The SMILES string of the molecule is Clc1ccc2c(c1)N(C1CN3CCC1CC3)c1ccccc1S2. The summed E-state index contributed by atoms with van der Waals surface area (Å²) in [6.07, 6.45) is 2.65. The molecule has 2 aromatic rings. The van der Waals surface area contributed by atoms with E-state index < -0.39 is 0 Å². The molecule has 0 amide bonds. The summed E-state index contributed by atoms with van der Waals surface area (Å²) in [4.78, 5) is 7.89. The zero-order valence-corrected chi connectivity index (χ0v) is 14.5. The van der Waals surface area contributed by atoms with Gasteiger partial charge >= 0.3 is 0 Å². The molecule has 1 unspecified atom stereocenters. The fourth-order valence-corrected chi connectivity index (χ4v) is 5.56. The Bertz CT molecular complexity index is 755. The zero-order chi connectivity index (χ0) is 15.4. The molecule has 0 radical (unpaired) electrons. The van der Waals surface area contributed by atoms with Gasteiger partial charge in [-0.2, -0.15) is 0 Å². The standard InChI is InChI=1S/C19H19ClN2S/c20-14-5-6-19-16(11-14)22(15-3-1-2-4-18(15)23-19)17-12-21-9-7-13(17)8-10-21/h1-6,11,13,17H,7-10,12H2. The Kier molecular flexibility index (Phi) is 3.36. The van der Waals surface area contributed by atoms with E-state index in [0.717, 1.165) is 10.9 Å². The molecule has 4 aliphatic heterocycles. The van der Waals surface area contributed by atoms with E-state index in [-0.39, 0.29) is 0 Å². The van der Waals surface area contributed by atoms with E-state index in [1.807, 2.05) is 17.8 Å². The van der Waals surface area contributed by atoms with Crippen molar-refractivity contribution in [2.75, 3.05) is 24.5 Å². The number of fused-ring (bicyclic) bond motifs is 5. The highest BCUT2D eigenvalue weighted by Gasteiger charge is 2.40. The van der Waals surface area contributed by atoms with Gasteiger partial charge in [0.25, 0.3) is 0 Å². The molecule has 3 saturated heterocycles. The van der Waals surface area contributed by atoms with Crippen LogP contribution in [0.3, 0.4) is 0 Å². The van der Waals surface area contributed by atoms with Crippen molar-refractivity contribution in [1.29, 1.82) is 0 Å². The maximum absolute atomic E-state index is 6.34. The summed E-state index contributed by atoms with van der Waals surface area (Å²) in [5, 5.41) is 0.829. The maximum atomic E-state index is 6.34. The van der Waals surface area contributed by atoms with Crippen LogP contribution >= 0.6 is 23.4 Å². The van der Waals surface area contributed by atoms with Crippen LogP contribution in [0.15, 0.2) is 52.3 Å². The number of anilines is 2. The van der Waals surface area contributed by atoms with Gasteiger partial charge in [0, 0.05) is 27.4 Å². The Morgan fingerprint density at radius 2 is 1.74 bits per heavy atom. The molecule has 4 heterocycles. The molecule has 3 fully saturated rings. The molecule has 0 aliphatic carbocycles. The van der Waals surface area contributed by atoms with E-state index in [0.29, 0.717) is 6.04 Å². The van der Waals surface area contributed by atoms with Crippen molar-refractivity contribution in [3.8, 4) is 0 Å². The van der Waals surface area contributed by atoms with Crippen LogP contribution in [0, 0.1) is 5.92 Å². The van der Waals surface area contributed by atoms with E-state index in [2.05, 4.69) is 46.2 Å². The monoisotopic (exact) mass is 342 g/mol. The maximum Gasteiger partial charge on any atom is 0.0570 e. The average molecular weight is 343 g/mol. The van der Waals surface area contributed by atoms with Crippen molar-refractivity contribution >= 4 is 34.7 Å². The van der Waals surface area contributed by atoms with Gasteiger partial charge in [-0.1, -0.05) is 35.5 Å². The molecule has 2 nitrogen and oxygen atoms in total. The van der Waals surface area contributed by atoms with Gasteiger partial charge in [-0.3, -0.25) is 0 Å². The van der Waals surface area contributed by atoms with E-state index in [4.69, 9.17) is 11.6 Å². The number of rotatable bonds is 1. The van der Waals surface area contributed by atoms with Crippen LogP contribution in [0.25, 0.3) is 0 Å². The first-order valence-corrected chi connectivity index (χ1v) is 9.57. The smallest absolute Gasteiger partial charge is 0.0570 e. The Hall–Kier alpha value is -1.16. The lowest BCUT2D eigenvalue weighted by Gasteiger charge is -2.51. The van der Waals surface area contributed by atoms with Crippen LogP contribution in [0.5, 0.6) is 0 Å². The van der Waals surface area contributed by atoms with E-state index in [1.54, 1.807) is 0 Å². The van der Waals surface area contributed by atoms with Crippen LogP contribution in [0.1, 0.15) is 12.8 Å². The van der Waals surface area contributed by atoms with Crippen LogP contribution in [0.4, 0.5) is 11.4 Å². The fourth-order valence-electron chi connectivity index (χ4n) is 4.34. The third-order valence-electron chi connectivity index (χ3n) is 5.48. The lowest BCUT2D eigenvalue weighted by atomic mass is 9.82. The lowest BCUT2D eigenvalue weighted by molar-refractivity contribution is 0.0891. The molecule has 2 aromatic carbocycles. The Morgan fingerprint density at radius 3 is 2.52 bits per heavy atom. The highest BCUT2D eigenvalue weighted by molar-refractivity contribution is 7.99. The van der Waals surface area contributed by atoms with E-state index >= 15 is 0 Å². The Balaban J connectivity index is 1.66. The molecule has 4 heteroatoms. The molecule has 1 atom stereocenters. The Labute approximate surface area is 146 Å².